The van der Waals surface area contributed by atoms with E-state index in [1.807, 2.05) is 24.1 Å². The number of rotatable bonds is 3. The number of likely N-dealkylation sites (N-methyl/N-ethyl adjacent to an activating group) is 1. The van der Waals surface area contributed by atoms with Gasteiger partial charge in [0.25, 0.3) is 5.91 Å². The molecule has 1 spiro atoms. The molecule has 2 aliphatic heterocycles. The van der Waals surface area contributed by atoms with Crippen molar-refractivity contribution in [3.63, 3.8) is 0 Å². The number of carbonyl (C=O) groups excluding carboxylic acids is 1. The fraction of sp³-hybridized carbons (Fsp3) is 0.611. The highest BCUT2D eigenvalue weighted by atomic mass is 16.5. The van der Waals surface area contributed by atoms with Crippen LogP contribution < -0.4 is 4.74 Å². The zero-order valence-electron chi connectivity index (χ0n) is 14.1. The highest BCUT2D eigenvalue weighted by Gasteiger charge is 2.45. The van der Waals surface area contributed by atoms with Crippen LogP contribution in [0.5, 0.6) is 5.75 Å². The Morgan fingerprint density at radius 1 is 1.22 bits per heavy atom. The van der Waals surface area contributed by atoms with E-state index in [0.29, 0.717) is 13.2 Å². The van der Waals surface area contributed by atoms with Crippen molar-refractivity contribution in [2.75, 3.05) is 40.4 Å². The summed E-state index contributed by atoms with van der Waals surface area (Å²) in [5.41, 5.74) is 0.591. The van der Waals surface area contributed by atoms with Crippen molar-refractivity contribution < 1.29 is 14.3 Å². The van der Waals surface area contributed by atoms with Gasteiger partial charge in [0.15, 0.2) is 5.60 Å². The number of likely N-dealkylation sites (tertiary alicyclic amines) is 1. The summed E-state index contributed by atoms with van der Waals surface area (Å²) in [4.78, 5) is 16.9. The van der Waals surface area contributed by atoms with Crippen molar-refractivity contribution >= 4 is 5.91 Å². The van der Waals surface area contributed by atoms with Crippen molar-refractivity contribution in [2.45, 2.75) is 31.4 Å². The van der Waals surface area contributed by atoms with Crippen LogP contribution in [0.1, 0.15) is 24.8 Å². The topological polar surface area (TPSA) is 42.0 Å². The highest BCUT2D eigenvalue weighted by Crippen LogP contribution is 2.30. The molecule has 1 unspecified atom stereocenters. The molecule has 5 nitrogen and oxygen atoms in total. The molecule has 1 amide bonds. The summed E-state index contributed by atoms with van der Waals surface area (Å²) in [6, 6.07) is 8.14. The van der Waals surface area contributed by atoms with Crippen LogP contribution in [0.15, 0.2) is 24.3 Å². The average molecular weight is 318 g/mol. The van der Waals surface area contributed by atoms with Gasteiger partial charge >= 0.3 is 0 Å². The lowest BCUT2D eigenvalue weighted by molar-refractivity contribution is -0.169. The minimum Gasteiger partial charge on any atom is -0.497 e. The number of nitrogens with zero attached hydrogens (tertiary/aromatic N) is 2. The van der Waals surface area contributed by atoms with Crippen molar-refractivity contribution in [3.8, 4) is 5.75 Å². The maximum absolute atomic E-state index is 12.8. The van der Waals surface area contributed by atoms with Gasteiger partial charge in [0, 0.05) is 33.2 Å². The van der Waals surface area contributed by atoms with Gasteiger partial charge in [-0.15, -0.1) is 0 Å². The van der Waals surface area contributed by atoms with Crippen LogP contribution in [0.4, 0.5) is 0 Å². The third-order valence-corrected chi connectivity index (χ3v) is 4.89. The molecule has 3 rings (SSSR count). The summed E-state index contributed by atoms with van der Waals surface area (Å²) in [6.07, 6.45) is 2.94. The first-order valence-electron chi connectivity index (χ1n) is 8.38. The molecule has 0 radical (unpaired) electrons. The fourth-order valence-electron chi connectivity index (χ4n) is 3.58. The minimum absolute atomic E-state index is 0.148. The minimum atomic E-state index is -0.643. The Balaban J connectivity index is 1.70. The quantitative estimate of drug-likeness (QED) is 0.854. The Labute approximate surface area is 138 Å². The number of hydrogen-bond acceptors (Lipinski definition) is 4. The van der Waals surface area contributed by atoms with Gasteiger partial charge in [-0.25, -0.2) is 0 Å². The predicted octanol–water partition coefficient (Wildman–Crippen LogP) is 1.91. The van der Waals surface area contributed by atoms with Gasteiger partial charge in [-0.2, -0.15) is 0 Å². The van der Waals surface area contributed by atoms with Gasteiger partial charge in [-0.1, -0.05) is 12.1 Å². The molecule has 0 aliphatic carbocycles. The molecule has 0 N–H and O–H groups in total. The van der Waals surface area contributed by atoms with Gasteiger partial charge in [0.2, 0.25) is 0 Å². The molecule has 0 saturated carbocycles. The second-order valence-corrected chi connectivity index (χ2v) is 6.59. The normalized spacial score (nSPS) is 26.3. The largest absolute Gasteiger partial charge is 0.497 e. The third-order valence-electron chi connectivity index (χ3n) is 4.89. The summed E-state index contributed by atoms with van der Waals surface area (Å²) in [6.45, 7) is 3.84. The maximum atomic E-state index is 12.8. The molecule has 1 aromatic rings. The van der Waals surface area contributed by atoms with Crippen LogP contribution in [-0.2, 0) is 16.1 Å². The Hall–Kier alpha value is -1.59. The molecular formula is C18H26N2O3. The number of methoxy groups -OCH3 is 1. The standard InChI is InChI=1S/C18H26N2O3/c1-19-10-4-3-9-18(17(19)21)14-20(11-12-23-18)13-15-5-7-16(22-2)8-6-15/h5-8H,3-4,9-14H2,1-2H3. The van der Waals surface area contributed by atoms with E-state index in [2.05, 4.69) is 17.0 Å². The van der Waals surface area contributed by atoms with Crippen LogP contribution in [-0.4, -0.2) is 61.7 Å². The number of benzene rings is 1. The molecule has 2 saturated heterocycles. The Kier molecular flexibility index (Phi) is 4.87. The van der Waals surface area contributed by atoms with Crippen molar-refractivity contribution in [1.29, 1.82) is 0 Å². The molecule has 0 aromatic heterocycles. The number of amides is 1. The van der Waals surface area contributed by atoms with Crippen molar-refractivity contribution in [3.05, 3.63) is 29.8 Å². The van der Waals surface area contributed by atoms with Crippen LogP contribution in [0, 0.1) is 0 Å². The van der Waals surface area contributed by atoms with Crippen LogP contribution in [0.25, 0.3) is 0 Å². The van der Waals surface area contributed by atoms with E-state index in [0.717, 1.165) is 44.6 Å². The number of carbonyl (C=O) groups is 1. The smallest absolute Gasteiger partial charge is 0.255 e. The Bertz CT molecular complexity index is 546. The Morgan fingerprint density at radius 3 is 2.74 bits per heavy atom. The molecule has 23 heavy (non-hydrogen) atoms. The molecule has 2 fully saturated rings. The van der Waals surface area contributed by atoms with Crippen LogP contribution in [0.2, 0.25) is 0 Å². The van der Waals surface area contributed by atoms with E-state index in [4.69, 9.17) is 9.47 Å². The van der Waals surface area contributed by atoms with E-state index in [1.165, 1.54) is 5.56 Å². The number of morpholine rings is 1. The molecule has 126 valence electrons. The van der Waals surface area contributed by atoms with Gasteiger partial charge in [0.1, 0.15) is 5.75 Å². The van der Waals surface area contributed by atoms with Gasteiger partial charge in [0.05, 0.1) is 13.7 Å². The van der Waals surface area contributed by atoms with Crippen molar-refractivity contribution in [2.24, 2.45) is 0 Å². The molecule has 5 heteroatoms. The first-order chi connectivity index (χ1) is 11.1. The van der Waals surface area contributed by atoms with E-state index >= 15 is 0 Å². The number of hydrogen-bond donors (Lipinski definition) is 0. The summed E-state index contributed by atoms with van der Waals surface area (Å²) < 4.78 is 11.2. The fourth-order valence-corrected chi connectivity index (χ4v) is 3.58. The molecule has 0 bridgehead atoms. The lowest BCUT2D eigenvalue weighted by atomic mass is 9.94. The molecule has 1 aromatic carbocycles. The summed E-state index contributed by atoms with van der Waals surface area (Å²) in [5.74, 6) is 1.02. The number of ether oxygens (including phenoxy) is 2. The lowest BCUT2D eigenvalue weighted by Crippen LogP contribution is -2.59. The van der Waals surface area contributed by atoms with Gasteiger partial charge < -0.3 is 14.4 Å². The molecule has 2 aliphatic rings. The molecule has 2 heterocycles. The van der Waals surface area contributed by atoms with Gasteiger partial charge in [-0.3, -0.25) is 9.69 Å². The van der Waals surface area contributed by atoms with E-state index in [1.54, 1.807) is 7.11 Å². The summed E-state index contributed by atoms with van der Waals surface area (Å²) >= 11 is 0. The first-order valence-corrected chi connectivity index (χ1v) is 8.38. The SMILES string of the molecule is COc1ccc(CN2CCOC3(CCCCN(C)C3=O)C2)cc1. The van der Waals surface area contributed by atoms with Crippen LogP contribution in [0.3, 0.4) is 0 Å². The zero-order chi connectivity index (χ0) is 16.3. The average Bonchev–Trinajstić information content (AvgIpc) is 2.70. The van der Waals surface area contributed by atoms with E-state index < -0.39 is 5.60 Å². The maximum Gasteiger partial charge on any atom is 0.255 e. The van der Waals surface area contributed by atoms with Crippen LogP contribution >= 0.6 is 0 Å². The second-order valence-electron chi connectivity index (χ2n) is 6.59. The monoisotopic (exact) mass is 318 g/mol. The Morgan fingerprint density at radius 2 is 2.00 bits per heavy atom. The third kappa shape index (κ3) is 3.51. The molecular weight excluding hydrogens is 292 g/mol. The van der Waals surface area contributed by atoms with E-state index in [9.17, 15) is 4.79 Å². The summed E-state index contributed by atoms with van der Waals surface area (Å²) in [5, 5.41) is 0. The lowest BCUT2D eigenvalue weighted by Gasteiger charge is -2.42. The highest BCUT2D eigenvalue weighted by molar-refractivity contribution is 5.85. The molecule has 1 atom stereocenters. The second kappa shape index (κ2) is 6.89. The first kappa shape index (κ1) is 16.3. The zero-order valence-corrected chi connectivity index (χ0v) is 14.1. The van der Waals surface area contributed by atoms with Gasteiger partial charge in [-0.05, 0) is 37.0 Å². The van der Waals surface area contributed by atoms with E-state index in [-0.39, 0.29) is 5.91 Å². The summed E-state index contributed by atoms with van der Waals surface area (Å²) in [7, 11) is 3.57. The van der Waals surface area contributed by atoms with Crippen molar-refractivity contribution in [1.82, 2.24) is 9.80 Å². The predicted molar refractivity (Wildman–Crippen MR) is 88.4 cm³/mol.